The highest BCUT2D eigenvalue weighted by Crippen LogP contribution is 2.13. The van der Waals surface area contributed by atoms with E-state index in [1.54, 1.807) is 0 Å². The number of hydrogen-bond acceptors (Lipinski definition) is 7. The maximum atomic E-state index is 11.7. The monoisotopic (exact) mass is 432 g/mol. The van der Waals surface area contributed by atoms with Crippen molar-refractivity contribution in [3.63, 3.8) is 0 Å². The highest BCUT2D eigenvalue weighted by molar-refractivity contribution is 5.84. The Hall–Kier alpha value is -1.80. The van der Waals surface area contributed by atoms with Crippen molar-refractivity contribution in [1.29, 1.82) is 0 Å². The van der Waals surface area contributed by atoms with Gasteiger partial charge in [0.25, 0.3) is 0 Å². The lowest BCUT2D eigenvalue weighted by Crippen LogP contribution is -2.34. The lowest BCUT2D eigenvalue weighted by atomic mass is 10.0. The molecule has 0 heterocycles. The standard InChI is InChI=1S/C22H40O8/c1-2-3-4-5-6-7-8-9-10-11-12-13-14-15-18(24)30-16-17(23)19(25)20(26)21(27)22(28)29/h17,19,23,25-27H,2-16H2,1H3,(H,28,29)/b21-20+/t17-,19+/m0/s1. The summed E-state index contributed by atoms with van der Waals surface area (Å²) in [6.45, 7) is 1.61. The number of carbonyl (C=O) groups excluding carboxylic acids is 1. The SMILES string of the molecule is CCCCCCCCCCCCCCCC(=O)OC[C@H](O)[C@@H](O)/C(O)=C(\O)C(=O)O. The number of unbranched alkanes of at least 4 members (excludes halogenated alkanes) is 12. The first-order valence-electron chi connectivity index (χ1n) is 11.2. The smallest absolute Gasteiger partial charge is 0.374 e. The van der Waals surface area contributed by atoms with E-state index in [-0.39, 0.29) is 6.42 Å². The number of ether oxygens (including phenoxy) is 1. The van der Waals surface area contributed by atoms with Gasteiger partial charge in [-0.05, 0) is 6.42 Å². The number of aliphatic hydroxyl groups is 4. The molecule has 0 saturated heterocycles. The third kappa shape index (κ3) is 14.2. The van der Waals surface area contributed by atoms with E-state index in [2.05, 4.69) is 6.92 Å². The summed E-state index contributed by atoms with van der Waals surface area (Å²) in [6.07, 6.45) is 11.9. The zero-order chi connectivity index (χ0) is 22.8. The van der Waals surface area contributed by atoms with E-state index in [1.807, 2.05) is 0 Å². The van der Waals surface area contributed by atoms with Crippen molar-refractivity contribution in [1.82, 2.24) is 0 Å². The van der Waals surface area contributed by atoms with E-state index in [0.717, 1.165) is 19.3 Å². The van der Waals surface area contributed by atoms with E-state index in [1.165, 1.54) is 57.8 Å². The summed E-state index contributed by atoms with van der Waals surface area (Å²) < 4.78 is 4.81. The number of carboxylic acids is 1. The summed E-state index contributed by atoms with van der Waals surface area (Å²) in [7, 11) is 0. The predicted octanol–water partition coefficient (Wildman–Crippen LogP) is 4.14. The quantitative estimate of drug-likeness (QED) is 0.0886. The van der Waals surface area contributed by atoms with Crippen molar-refractivity contribution in [3.8, 4) is 0 Å². The maximum Gasteiger partial charge on any atom is 0.374 e. The Morgan fingerprint density at radius 1 is 0.733 bits per heavy atom. The Balaban J connectivity index is 3.66. The number of carbonyl (C=O) groups is 2. The second kappa shape index (κ2) is 18.0. The average molecular weight is 433 g/mol. The third-order valence-corrected chi connectivity index (χ3v) is 4.99. The average Bonchev–Trinajstić information content (AvgIpc) is 2.73. The number of aliphatic hydroxyl groups excluding tert-OH is 4. The molecule has 0 rings (SSSR count). The normalized spacial score (nSPS) is 14.1. The van der Waals surface area contributed by atoms with Crippen LogP contribution in [0.4, 0.5) is 0 Å². The van der Waals surface area contributed by atoms with Crippen LogP contribution in [0.5, 0.6) is 0 Å². The van der Waals surface area contributed by atoms with Crippen molar-refractivity contribution >= 4 is 11.9 Å². The first kappa shape index (κ1) is 28.2. The molecule has 0 aromatic carbocycles. The zero-order valence-corrected chi connectivity index (χ0v) is 18.2. The first-order chi connectivity index (χ1) is 14.3. The summed E-state index contributed by atoms with van der Waals surface area (Å²) >= 11 is 0. The van der Waals surface area contributed by atoms with Gasteiger partial charge in [-0.15, -0.1) is 0 Å². The summed E-state index contributed by atoms with van der Waals surface area (Å²) in [5, 5.41) is 46.0. The lowest BCUT2D eigenvalue weighted by Gasteiger charge is -2.17. The van der Waals surface area contributed by atoms with E-state index in [4.69, 9.17) is 14.9 Å². The first-order valence-corrected chi connectivity index (χ1v) is 11.2. The van der Waals surface area contributed by atoms with Gasteiger partial charge >= 0.3 is 11.9 Å². The fourth-order valence-corrected chi connectivity index (χ4v) is 3.06. The van der Waals surface area contributed by atoms with Gasteiger partial charge in [0.1, 0.15) is 18.8 Å². The molecule has 0 fully saturated rings. The van der Waals surface area contributed by atoms with Gasteiger partial charge in [0.2, 0.25) is 5.76 Å². The molecule has 5 N–H and O–H groups in total. The fraction of sp³-hybridized carbons (Fsp3) is 0.818. The van der Waals surface area contributed by atoms with Crippen molar-refractivity contribution in [3.05, 3.63) is 11.5 Å². The van der Waals surface area contributed by atoms with Gasteiger partial charge in [0.15, 0.2) is 5.76 Å². The molecule has 0 aliphatic heterocycles. The van der Waals surface area contributed by atoms with Crippen LogP contribution in [0.2, 0.25) is 0 Å². The van der Waals surface area contributed by atoms with Gasteiger partial charge in [0, 0.05) is 6.42 Å². The number of rotatable bonds is 19. The summed E-state index contributed by atoms with van der Waals surface area (Å²) in [5.41, 5.74) is 0. The van der Waals surface area contributed by atoms with E-state index in [9.17, 15) is 24.9 Å². The minimum atomic E-state index is -2.06. The maximum absolute atomic E-state index is 11.7. The van der Waals surface area contributed by atoms with Crippen LogP contribution in [0, 0.1) is 0 Å². The van der Waals surface area contributed by atoms with Crippen molar-refractivity contribution < 1.29 is 39.9 Å². The van der Waals surface area contributed by atoms with E-state index in [0.29, 0.717) is 6.42 Å². The Morgan fingerprint density at radius 2 is 1.17 bits per heavy atom. The molecular weight excluding hydrogens is 392 g/mol. The molecule has 8 heteroatoms. The number of esters is 1. The van der Waals surface area contributed by atoms with Gasteiger partial charge in [-0.3, -0.25) is 4.79 Å². The Kier molecular flexibility index (Phi) is 16.9. The zero-order valence-electron chi connectivity index (χ0n) is 18.2. The van der Waals surface area contributed by atoms with Crippen LogP contribution < -0.4 is 0 Å². The predicted molar refractivity (Wildman–Crippen MR) is 113 cm³/mol. The van der Waals surface area contributed by atoms with Crippen LogP contribution in [0.15, 0.2) is 11.5 Å². The van der Waals surface area contributed by atoms with Crippen LogP contribution in [0.3, 0.4) is 0 Å². The summed E-state index contributed by atoms with van der Waals surface area (Å²) in [5.74, 6) is -5.16. The molecule has 176 valence electrons. The Bertz CT molecular complexity index is 503. The minimum absolute atomic E-state index is 0.183. The van der Waals surface area contributed by atoms with Crippen LogP contribution in [0.1, 0.15) is 96.8 Å². The van der Waals surface area contributed by atoms with Crippen molar-refractivity contribution in [2.45, 2.75) is 109 Å². The highest BCUT2D eigenvalue weighted by Gasteiger charge is 2.27. The van der Waals surface area contributed by atoms with Gasteiger partial charge in [-0.2, -0.15) is 0 Å². The molecule has 0 bridgehead atoms. The second-order valence-electron chi connectivity index (χ2n) is 7.73. The van der Waals surface area contributed by atoms with Crippen LogP contribution in [0.25, 0.3) is 0 Å². The molecule has 0 aliphatic rings. The van der Waals surface area contributed by atoms with Gasteiger partial charge in [-0.1, -0.05) is 84.0 Å². The fourth-order valence-electron chi connectivity index (χ4n) is 3.06. The molecular formula is C22H40O8. The molecule has 0 saturated carbocycles. The van der Waals surface area contributed by atoms with Crippen molar-refractivity contribution in [2.24, 2.45) is 0 Å². The van der Waals surface area contributed by atoms with Crippen LogP contribution >= 0.6 is 0 Å². The Morgan fingerprint density at radius 3 is 1.60 bits per heavy atom. The molecule has 0 radical (unpaired) electrons. The third-order valence-electron chi connectivity index (χ3n) is 4.99. The van der Waals surface area contributed by atoms with Gasteiger partial charge < -0.3 is 30.3 Å². The number of aliphatic carboxylic acids is 1. The number of carboxylic acid groups (broad SMARTS) is 1. The highest BCUT2D eigenvalue weighted by atomic mass is 16.5. The number of hydrogen-bond donors (Lipinski definition) is 5. The molecule has 0 aromatic heterocycles. The Labute approximate surface area is 179 Å². The van der Waals surface area contributed by atoms with Crippen LogP contribution in [-0.4, -0.2) is 56.3 Å². The molecule has 0 unspecified atom stereocenters. The largest absolute Gasteiger partial charge is 0.506 e. The second-order valence-corrected chi connectivity index (χ2v) is 7.73. The molecule has 2 atom stereocenters. The lowest BCUT2D eigenvalue weighted by molar-refractivity contribution is -0.149. The molecule has 0 spiro atoms. The van der Waals surface area contributed by atoms with Gasteiger partial charge in [-0.25, -0.2) is 4.79 Å². The molecule has 30 heavy (non-hydrogen) atoms. The molecule has 0 aliphatic carbocycles. The van der Waals surface area contributed by atoms with Crippen LogP contribution in [-0.2, 0) is 14.3 Å². The minimum Gasteiger partial charge on any atom is -0.506 e. The summed E-state index contributed by atoms with van der Waals surface area (Å²) in [6, 6.07) is 0. The topological polar surface area (TPSA) is 145 Å². The van der Waals surface area contributed by atoms with E-state index < -0.39 is 42.3 Å². The molecule has 0 aromatic rings. The van der Waals surface area contributed by atoms with E-state index >= 15 is 0 Å². The summed E-state index contributed by atoms with van der Waals surface area (Å²) in [4.78, 5) is 22.1. The van der Waals surface area contributed by atoms with Crippen molar-refractivity contribution in [2.75, 3.05) is 6.61 Å². The van der Waals surface area contributed by atoms with Gasteiger partial charge in [0.05, 0.1) is 0 Å². The molecule has 0 amide bonds. The molecule has 8 nitrogen and oxygen atoms in total.